The number of amides is 1. The van der Waals surface area contributed by atoms with Crippen LogP contribution in [0.3, 0.4) is 0 Å². The van der Waals surface area contributed by atoms with Crippen LogP contribution in [0.5, 0.6) is 0 Å². The Labute approximate surface area is 150 Å². The number of rotatable bonds is 4. The fourth-order valence-electron chi connectivity index (χ4n) is 2.55. The predicted octanol–water partition coefficient (Wildman–Crippen LogP) is 4.42. The summed E-state index contributed by atoms with van der Waals surface area (Å²) in [6.07, 6.45) is 0.104. The normalized spacial score (nSPS) is 12.0. The lowest BCUT2D eigenvalue weighted by molar-refractivity contribution is -0.117. The Kier molecular flexibility index (Phi) is 5.37. The summed E-state index contributed by atoms with van der Waals surface area (Å²) < 4.78 is 27.1. The second kappa shape index (κ2) is 7.00. The van der Waals surface area contributed by atoms with Gasteiger partial charge in [-0.3, -0.25) is 4.79 Å². The molecule has 0 aliphatic rings. The number of hydrogen-bond acceptors (Lipinski definition) is 3. The van der Waals surface area contributed by atoms with Crippen molar-refractivity contribution >= 4 is 21.6 Å². The van der Waals surface area contributed by atoms with Gasteiger partial charge >= 0.3 is 0 Å². The van der Waals surface area contributed by atoms with Crippen LogP contribution in [-0.4, -0.2) is 14.3 Å². The van der Waals surface area contributed by atoms with E-state index in [0.717, 1.165) is 15.4 Å². The van der Waals surface area contributed by atoms with Crippen LogP contribution >= 0.6 is 0 Å². The molecule has 0 bridgehead atoms. The van der Waals surface area contributed by atoms with Gasteiger partial charge in [-0.05, 0) is 47.7 Å². The number of sulfonamides is 1. The van der Waals surface area contributed by atoms with Crippen molar-refractivity contribution in [3.8, 4) is 0 Å². The SMILES string of the molecule is CCC(=O)N(c1cccc(C)c1)S(=O)(=O)c1ccc(C(C)(C)C)cc1. The predicted molar refractivity (Wildman–Crippen MR) is 101 cm³/mol. The van der Waals surface area contributed by atoms with E-state index in [9.17, 15) is 13.2 Å². The van der Waals surface area contributed by atoms with E-state index in [2.05, 4.69) is 20.8 Å². The van der Waals surface area contributed by atoms with Crippen molar-refractivity contribution in [1.29, 1.82) is 0 Å². The van der Waals surface area contributed by atoms with Crippen molar-refractivity contribution in [1.82, 2.24) is 0 Å². The summed E-state index contributed by atoms with van der Waals surface area (Å²) in [5, 5.41) is 0. The van der Waals surface area contributed by atoms with Gasteiger partial charge in [0.2, 0.25) is 5.91 Å². The quantitative estimate of drug-likeness (QED) is 0.812. The summed E-state index contributed by atoms with van der Waals surface area (Å²) in [6, 6.07) is 13.7. The average Bonchev–Trinajstić information content (AvgIpc) is 2.54. The van der Waals surface area contributed by atoms with Crippen molar-refractivity contribution in [3.63, 3.8) is 0 Å². The van der Waals surface area contributed by atoms with Gasteiger partial charge in [-0.15, -0.1) is 0 Å². The minimum atomic E-state index is -3.96. The molecule has 5 heteroatoms. The summed E-state index contributed by atoms with van der Waals surface area (Å²) in [6.45, 7) is 9.72. The lowest BCUT2D eigenvalue weighted by Gasteiger charge is -2.24. The summed E-state index contributed by atoms with van der Waals surface area (Å²) in [4.78, 5) is 12.5. The number of aryl methyl sites for hydroxylation is 1. The maximum Gasteiger partial charge on any atom is 0.270 e. The number of benzene rings is 2. The fourth-order valence-corrected chi connectivity index (χ4v) is 4.03. The zero-order valence-electron chi connectivity index (χ0n) is 15.4. The Morgan fingerprint density at radius 2 is 1.64 bits per heavy atom. The Morgan fingerprint density at radius 3 is 2.12 bits per heavy atom. The van der Waals surface area contributed by atoms with E-state index in [4.69, 9.17) is 0 Å². The third kappa shape index (κ3) is 4.10. The molecule has 134 valence electrons. The first-order valence-corrected chi connectivity index (χ1v) is 9.76. The number of carbonyl (C=O) groups excluding carboxylic acids is 1. The van der Waals surface area contributed by atoms with Gasteiger partial charge in [0.05, 0.1) is 10.6 Å². The molecule has 0 saturated carbocycles. The van der Waals surface area contributed by atoms with Gasteiger partial charge < -0.3 is 0 Å². The van der Waals surface area contributed by atoms with Gasteiger partial charge in [0, 0.05) is 6.42 Å². The second-order valence-electron chi connectivity index (χ2n) is 7.13. The Morgan fingerprint density at radius 1 is 1.04 bits per heavy atom. The second-order valence-corrected chi connectivity index (χ2v) is 8.92. The van der Waals surface area contributed by atoms with E-state index >= 15 is 0 Å². The summed E-state index contributed by atoms with van der Waals surface area (Å²) in [5.41, 5.74) is 2.23. The lowest BCUT2D eigenvalue weighted by Crippen LogP contribution is -2.36. The van der Waals surface area contributed by atoms with Crippen molar-refractivity contribution in [2.75, 3.05) is 4.31 Å². The molecule has 0 aliphatic heterocycles. The van der Waals surface area contributed by atoms with Crippen LogP contribution in [0.15, 0.2) is 53.4 Å². The summed E-state index contributed by atoms with van der Waals surface area (Å²) >= 11 is 0. The van der Waals surface area contributed by atoms with Gasteiger partial charge in [0.25, 0.3) is 10.0 Å². The summed E-state index contributed by atoms with van der Waals surface area (Å²) in [7, 11) is -3.96. The van der Waals surface area contributed by atoms with Crippen molar-refractivity contribution in [2.45, 2.75) is 51.3 Å². The minimum absolute atomic E-state index is 0.0717. The number of carbonyl (C=O) groups is 1. The molecule has 0 heterocycles. The molecule has 0 aromatic heterocycles. The zero-order valence-corrected chi connectivity index (χ0v) is 16.2. The maximum atomic E-state index is 13.1. The van der Waals surface area contributed by atoms with Crippen molar-refractivity contribution in [2.24, 2.45) is 0 Å². The standard InChI is InChI=1S/C20H25NO3S/c1-6-19(22)21(17-9-7-8-15(2)14-17)25(23,24)18-12-10-16(11-13-18)20(3,4)5/h7-14H,6H2,1-5H3. The minimum Gasteiger partial charge on any atom is -0.273 e. The van der Waals surface area contributed by atoms with Gasteiger partial charge in [-0.2, -0.15) is 0 Å². The largest absolute Gasteiger partial charge is 0.273 e. The van der Waals surface area contributed by atoms with Gasteiger partial charge in [-0.25, -0.2) is 12.7 Å². The molecule has 0 saturated heterocycles. The van der Waals surface area contributed by atoms with E-state index in [1.165, 1.54) is 0 Å². The molecule has 0 fully saturated rings. The Hall–Kier alpha value is -2.14. The van der Waals surface area contributed by atoms with Crippen LogP contribution in [0.4, 0.5) is 5.69 Å². The maximum absolute atomic E-state index is 13.1. The van der Waals surface area contributed by atoms with Gasteiger partial charge in [0.1, 0.15) is 0 Å². The molecule has 1 amide bonds. The van der Waals surface area contributed by atoms with E-state index in [-0.39, 0.29) is 16.7 Å². The molecule has 2 aromatic rings. The first-order valence-electron chi connectivity index (χ1n) is 8.32. The molecular formula is C20H25NO3S. The Bertz CT molecular complexity index is 863. The van der Waals surface area contributed by atoms with Crippen LogP contribution in [0, 0.1) is 6.92 Å². The molecule has 0 radical (unpaired) electrons. The van der Waals surface area contributed by atoms with Crippen LogP contribution < -0.4 is 4.31 Å². The smallest absolute Gasteiger partial charge is 0.270 e. The summed E-state index contributed by atoms with van der Waals surface area (Å²) in [5.74, 6) is -0.453. The first-order chi connectivity index (χ1) is 11.6. The monoisotopic (exact) mass is 359 g/mol. The molecule has 25 heavy (non-hydrogen) atoms. The van der Waals surface area contributed by atoms with Crippen LogP contribution in [0.25, 0.3) is 0 Å². The molecule has 0 aliphatic carbocycles. The molecule has 0 N–H and O–H groups in total. The number of nitrogens with zero attached hydrogens (tertiary/aromatic N) is 1. The zero-order chi connectivity index (χ0) is 18.8. The molecule has 0 atom stereocenters. The lowest BCUT2D eigenvalue weighted by atomic mass is 9.87. The molecule has 0 spiro atoms. The van der Waals surface area contributed by atoms with Crippen molar-refractivity contribution in [3.05, 3.63) is 59.7 Å². The third-order valence-corrected chi connectivity index (χ3v) is 5.79. The van der Waals surface area contributed by atoms with Crippen LogP contribution in [0.1, 0.15) is 45.2 Å². The van der Waals surface area contributed by atoms with E-state index in [1.807, 2.05) is 13.0 Å². The van der Waals surface area contributed by atoms with Crippen LogP contribution in [0.2, 0.25) is 0 Å². The first kappa shape index (κ1) is 19.2. The highest BCUT2D eigenvalue weighted by atomic mass is 32.2. The Balaban J connectivity index is 2.54. The molecule has 2 aromatic carbocycles. The highest BCUT2D eigenvalue weighted by Gasteiger charge is 2.30. The highest BCUT2D eigenvalue weighted by Crippen LogP contribution is 2.28. The molecule has 0 unspecified atom stereocenters. The molecule has 4 nitrogen and oxygen atoms in total. The number of hydrogen-bond donors (Lipinski definition) is 0. The third-order valence-electron chi connectivity index (χ3n) is 4.02. The fraction of sp³-hybridized carbons (Fsp3) is 0.350. The molecular weight excluding hydrogens is 334 g/mol. The van der Waals surface area contributed by atoms with Gasteiger partial charge in [-0.1, -0.05) is 52.0 Å². The van der Waals surface area contributed by atoms with Crippen LogP contribution in [-0.2, 0) is 20.2 Å². The van der Waals surface area contributed by atoms with Gasteiger partial charge in [0.15, 0.2) is 0 Å². The van der Waals surface area contributed by atoms with E-state index in [1.54, 1.807) is 49.4 Å². The van der Waals surface area contributed by atoms with E-state index < -0.39 is 15.9 Å². The number of anilines is 1. The highest BCUT2D eigenvalue weighted by molar-refractivity contribution is 7.93. The van der Waals surface area contributed by atoms with E-state index in [0.29, 0.717) is 5.69 Å². The molecule has 2 rings (SSSR count). The average molecular weight is 359 g/mol. The topological polar surface area (TPSA) is 54.5 Å². The van der Waals surface area contributed by atoms with Crippen molar-refractivity contribution < 1.29 is 13.2 Å².